The smallest absolute Gasteiger partial charge is 0.331 e. The molecule has 0 aromatic heterocycles. The zero-order valence-corrected chi connectivity index (χ0v) is 12.0. The second-order valence-electron chi connectivity index (χ2n) is 5.87. The molecule has 1 aromatic rings. The summed E-state index contributed by atoms with van der Waals surface area (Å²) in [7, 11) is 3.12. The summed E-state index contributed by atoms with van der Waals surface area (Å²) in [4.78, 5) is 12.4. The van der Waals surface area contributed by atoms with E-state index in [-0.39, 0.29) is 5.97 Å². The molecule has 108 valence electrons. The molecule has 0 saturated heterocycles. The number of nitrogens with one attached hydrogen (secondary N) is 1. The van der Waals surface area contributed by atoms with Gasteiger partial charge in [0.1, 0.15) is 11.3 Å². The van der Waals surface area contributed by atoms with Gasteiger partial charge < -0.3 is 14.8 Å². The summed E-state index contributed by atoms with van der Waals surface area (Å²) in [5.74, 6) is 1.63. The molecule has 0 radical (unpaired) electrons. The zero-order chi connectivity index (χ0) is 14.2. The van der Waals surface area contributed by atoms with Gasteiger partial charge in [0.2, 0.25) is 0 Å². The van der Waals surface area contributed by atoms with Crippen LogP contribution in [0.4, 0.5) is 5.69 Å². The van der Waals surface area contributed by atoms with Crippen LogP contribution >= 0.6 is 0 Å². The van der Waals surface area contributed by atoms with Crippen LogP contribution in [0.3, 0.4) is 0 Å². The van der Waals surface area contributed by atoms with Gasteiger partial charge >= 0.3 is 5.97 Å². The van der Waals surface area contributed by atoms with Gasteiger partial charge in [0.05, 0.1) is 19.9 Å². The van der Waals surface area contributed by atoms with Crippen molar-refractivity contribution in [2.24, 2.45) is 11.8 Å². The third-order valence-electron chi connectivity index (χ3n) is 4.86. The van der Waals surface area contributed by atoms with E-state index >= 15 is 0 Å². The van der Waals surface area contributed by atoms with Crippen molar-refractivity contribution in [1.82, 2.24) is 0 Å². The number of hydrogen-bond donors (Lipinski definition) is 1. The molecule has 0 heterocycles. The molecule has 4 heteroatoms. The van der Waals surface area contributed by atoms with Gasteiger partial charge in [-0.25, -0.2) is 4.79 Å². The second kappa shape index (κ2) is 5.00. The highest BCUT2D eigenvalue weighted by Gasteiger charge is 2.56. The highest BCUT2D eigenvalue weighted by atomic mass is 16.5. The summed E-state index contributed by atoms with van der Waals surface area (Å²) in [6.45, 7) is 0. The summed E-state index contributed by atoms with van der Waals surface area (Å²) in [5, 5.41) is 3.46. The third kappa shape index (κ3) is 1.94. The second-order valence-corrected chi connectivity index (χ2v) is 5.87. The summed E-state index contributed by atoms with van der Waals surface area (Å²) in [6, 6.07) is 7.73. The van der Waals surface area contributed by atoms with Crippen molar-refractivity contribution in [3.8, 4) is 5.75 Å². The van der Waals surface area contributed by atoms with Gasteiger partial charge in [0, 0.05) is 0 Å². The fraction of sp³-hybridized carbons (Fsp3) is 0.562. The van der Waals surface area contributed by atoms with Gasteiger partial charge in [-0.3, -0.25) is 0 Å². The lowest BCUT2D eigenvalue weighted by Gasteiger charge is -2.36. The largest absolute Gasteiger partial charge is 0.495 e. The maximum absolute atomic E-state index is 12.4. The molecule has 0 amide bonds. The Morgan fingerprint density at radius 2 is 2.10 bits per heavy atom. The Morgan fingerprint density at radius 1 is 1.30 bits per heavy atom. The molecule has 3 unspecified atom stereocenters. The average molecular weight is 275 g/mol. The molecule has 2 bridgehead atoms. The van der Waals surface area contributed by atoms with Crippen LogP contribution in [0.1, 0.15) is 25.7 Å². The highest BCUT2D eigenvalue weighted by molar-refractivity contribution is 5.86. The number of carbonyl (C=O) groups is 1. The lowest BCUT2D eigenvalue weighted by Crippen LogP contribution is -2.51. The first kappa shape index (κ1) is 13.3. The molecule has 2 fully saturated rings. The molecule has 3 rings (SSSR count). The van der Waals surface area contributed by atoms with Crippen LogP contribution in [0, 0.1) is 11.8 Å². The molecule has 1 aromatic carbocycles. The number of hydrogen-bond acceptors (Lipinski definition) is 4. The first-order chi connectivity index (χ1) is 9.69. The Bertz CT molecular complexity index is 516. The Morgan fingerprint density at radius 3 is 2.70 bits per heavy atom. The van der Waals surface area contributed by atoms with E-state index in [4.69, 9.17) is 9.47 Å². The van der Waals surface area contributed by atoms with Gasteiger partial charge in [-0.05, 0) is 49.7 Å². The van der Waals surface area contributed by atoms with Crippen molar-refractivity contribution in [2.45, 2.75) is 31.2 Å². The van der Waals surface area contributed by atoms with Crippen LogP contribution in [0.15, 0.2) is 24.3 Å². The van der Waals surface area contributed by atoms with Crippen LogP contribution in [0.25, 0.3) is 0 Å². The lowest BCUT2D eigenvalue weighted by molar-refractivity contribution is -0.148. The maximum atomic E-state index is 12.4. The number of esters is 1. The predicted molar refractivity (Wildman–Crippen MR) is 76.8 cm³/mol. The summed E-state index contributed by atoms with van der Waals surface area (Å²) in [5.41, 5.74) is 0.291. The van der Waals surface area contributed by atoms with Gasteiger partial charge in [-0.2, -0.15) is 0 Å². The van der Waals surface area contributed by atoms with Gasteiger partial charge in [-0.15, -0.1) is 0 Å². The molecule has 2 saturated carbocycles. The van der Waals surface area contributed by atoms with Crippen LogP contribution in [0.5, 0.6) is 5.75 Å². The van der Waals surface area contributed by atoms with Crippen LogP contribution in [-0.2, 0) is 9.53 Å². The minimum atomic E-state index is -0.577. The average Bonchev–Trinajstić information content (AvgIpc) is 3.08. The van der Waals surface area contributed by atoms with E-state index in [1.165, 1.54) is 13.5 Å². The Balaban J connectivity index is 1.94. The minimum Gasteiger partial charge on any atom is -0.495 e. The van der Waals surface area contributed by atoms with Crippen molar-refractivity contribution >= 4 is 11.7 Å². The minimum absolute atomic E-state index is 0.143. The van der Waals surface area contributed by atoms with Crippen LogP contribution in [-0.4, -0.2) is 25.7 Å². The quantitative estimate of drug-likeness (QED) is 0.858. The predicted octanol–water partition coefficient (Wildman–Crippen LogP) is 2.84. The van der Waals surface area contributed by atoms with Crippen molar-refractivity contribution in [3.05, 3.63) is 24.3 Å². The molecule has 20 heavy (non-hydrogen) atoms. The number of benzene rings is 1. The Kier molecular flexibility index (Phi) is 3.32. The molecular weight excluding hydrogens is 254 g/mol. The molecule has 2 aliphatic rings. The van der Waals surface area contributed by atoms with Gasteiger partial charge in [0.15, 0.2) is 0 Å². The molecule has 2 aliphatic carbocycles. The third-order valence-corrected chi connectivity index (χ3v) is 4.86. The van der Waals surface area contributed by atoms with Crippen molar-refractivity contribution in [3.63, 3.8) is 0 Å². The van der Waals surface area contributed by atoms with Crippen molar-refractivity contribution in [1.29, 1.82) is 0 Å². The van der Waals surface area contributed by atoms with E-state index in [9.17, 15) is 4.79 Å². The highest BCUT2D eigenvalue weighted by Crippen LogP contribution is 2.53. The first-order valence-electron chi connectivity index (χ1n) is 7.19. The molecule has 3 atom stereocenters. The number of methoxy groups -OCH3 is 2. The van der Waals surface area contributed by atoms with Crippen LogP contribution in [0.2, 0.25) is 0 Å². The normalized spacial score (nSPS) is 31.1. The Hall–Kier alpha value is -1.71. The first-order valence-corrected chi connectivity index (χ1v) is 7.19. The van der Waals surface area contributed by atoms with Gasteiger partial charge in [-0.1, -0.05) is 12.1 Å². The van der Waals surface area contributed by atoms with E-state index in [0.29, 0.717) is 11.8 Å². The van der Waals surface area contributed by atoms with Gasteiger partial charge in [0.25, 0.3) is 0 Å². The van der Waals surface area contributed by atoms with Crippen LogP contribution < -0.4 is 10.1 Å². The number of para-hydroxylation sites is 2. The number of anilines is 1. The zero-order valence-electron chi connectivity index (χ0n) is 12.0. The van der Waals surface area contributed by atoms with E-state index in [0.717, 1.165) is 30.7 Å². The molecule has 4 nitrogen and oxygen atoms in total. The van der Waals surface area contributed by atoms with Crippen molar-refractivity contribution < 1.29 is 14.3 Å². The van der Waals surface area contributed by atoms with E-state index < -0.39 is 5.54 Å². The topological polar surface area (TPSA) is 47.6 Å². The number of carbonyl (C=O) groups excluding carboxylic acids is 1. The molecular formula is C16H21NO3. The molecule has 0 aliphatic heterocycles. The standard InChI is InChI=1S/C16H21NO3/c1-19-14-6-4-3-5-13(14)17-16(15(18)20-2)10-11-7-8-12(16)9-11/h3-6,11-12,17H,7-10H2,1-2H3. The maximum Gasteiger partial charge on any atom is 0.331 e. The fourth-order valence-electron chi connectivity index (χ4n) is 3.95. The number of ether oxygens (including phenoxy) is 2. The van der Waals surface area contributed by atoms with Crippen molar-refractivity contribution in [2.75, 3.05) is 19.5 Å². The lowest BCUT2D eigenvalue weighted by atomic mass is 9.80. The monoisotopic (exact) mass is 275 g/mol. The summed E-state index contributed by atoms with van der Waals surface area (Å²) < 4.78 is 10.5. The summed E-state index contributed by atoms with van der Waals surface area (Å²) >= 11 is 0. The Labute approximate surface area is 119 Å². The van der Waals surface area contributed by atoms with E-state index in [2.05, 4.69) is 5.32 Å². The molecule has 1 N–H and O–H groups in total. The number of fused-ring (bicyclic) bond motifs is 2. The summed E-state index contributed by atoms with van der Waals surface area (Å²) in [6.07, 6.45) is 4.32. The van der Waals surface area contributed by atoms with E-state index in [1.807, 2.05) is 24.3 Å². The molecule has 0 spiro atoms. The fourth-order valence-corrected chi connectivity index (χ4v) is 3.95. The SMILES string of the molecule is COC(=O)C1(Nc2ccccc2OC)CC2CCC1C2. The van der Waals surface area contributed by atoms with E-state index in [1.54, 1.807) is 7.11 Å². The number of rotatable bonds is 4.